The van der Waals surface area contributed by atoms with E-state index in [1.807, 2.05) is 37.3 Å². The molecule has 1 saturated heterocycles. The zero-order chi connectivity index (χ0) is 30.9. The number of halogens is 5. The van der Waals surface area contributed by atoms with Crippen LogP contribution in [0.5, 0.6) is 0 Å². The van der Waals surface area contributed by atoms with Crippen LogP contribution in [0.15, 0.2) is 66.9 Å². The lowest BCUT2D eigenvalue weighted by Crippen LogP contribution is -2.68. The highest BCUT2D eigenvalue weighted by molar-refractivity contribution is 6.32. The van der Waals surface area contributed by atoms with Crippen molar-refractivity contribution in [3.05, 3.63) is 105 Å². The lowest BCUT2D eigenvalue weighted by molar-refractivity contribution is -0.141. The van der Waals surface area contributed by atoms with Crippen LogP contribution in [0.2, 0.25) is 10.0 Å². The first-order valence-corrected chi connectivity index (χ1v) is 14.1. The normalized spacial score (nSPS) is 14.7. The van der Waals surface area contributed by atoms with Gasteiger partial charge < -0.3 is 10.6 Å². The van der Waals surface area contributed by atoms with Crippen molar-refractivity contribution in [3.63, 3.8) is 0 Å². The molecule has 1 aliphatic heterocycles. The Kier molecular flexibility index (Phi) is 8.51. The highest BCUT2D eigenvalue weighted by Gasteiger charge is 2.41. The molecule has 0 spiro atoms. The van der Waals surface area contributed by atoms with Gasteiger partial charge in [0.05, 0.1) is 21.8 Å². The summed E-state index contributed by atoms with van der Waals surface area (Å²) in [5.74, 6) is -1.58. The SMILES string of the molecule is CCc1cc(Cl)cc(C(=O)NC2(C)CN(Cc3ccccc3)C2)c1NC(=O)c1cc(C(F)(F)F)nn1-c1ncccc1Cl. The van der Waals surface area contributed by atoms with Crippen LogP contribution in [0.1, 0.15) is 51.5 Å². The van der Waals surface area contributed by atoms with E-state index in [-0.39, 0.29) is 27.1 Å². The molecule has 2 amide bonds. The number of pyridine rings is 1. The number of carbonyl (C=O) groups excluding carboxylic acids is 2. The molecule has 2 aromatic carbocycles. The van der Waals surface area contributed by atoms with E-state index in [0.29, 0.717) is 31.1 Å². The molecule has 0 atom stereocenters. The first-order chi connectivity index (χ1) is 20.4. The molecule has 3 heterocycles. The van der Waals surface area contributed by atoms with Gasteiger partial charge in [0.25, 0.3) is 11.8 Å². The highest BCUT2D eigenvalue weighted by Crippen LogP contribution is 2.33. The van der Waals surface area contributed by atoms with Crippen molar-refractivity contribution in [2.45, 2.75) is 38.5 Å². The van der Waals surface area contributed by atoms with Gasteiger partial charge in [-0.15, -0.1) is 0 Å². The summed E-state index contributed by atoms with van der Waals surface area (Å²) in [6.45, 7) is 5.65. The van der Waals surface area contributed by atoms with Gasteiger partial charge in [-0.25, -0.2) is 9.67 Å². The second-order valence-corrected chi connectivity index (χ2v) is 11.4. The number of amides is 2. The van der Waals surface area contributed by atoms with E-state index in [4.69, 9.17) is 23.2 Å². The summed E-state index contributed by atoms with van der Waals surface area (Å²) in [6, 6.07) is 16.5. The van der Waals surface area contributed by atoms with Crippen molar-refractivity contribution in [1.82, 2.24) is 25.0 Å². The zero-order valence-electron chi connectivity index (χ0n) is 23.2. The largest absolute Gasteiger partial charge is 0.435 e. The van der Waals surface area contributed by atoms with Gasteiger partial charge in [-0.1, -0.05) is 60.5 Å². The molecule has 0 radical (unpaired) electrons. The first kappa shape index (κ1) is 30.5. The summed E-state index contributed by atoms with van der Waals surface area (Å²) in [6.07, 6.45) is -3.15. The van der Waals surface area contributed by atoms with Crippen LogP contribution < -0.4 is 10.6 Å². The second kappa shape index (κ2) is 12.0. The Morgan fingerprint density at radius 1 is 1.02 bits per heavy atom. The minimum Gasteiger partial charge on any atom is -0.344 e. The number of hydrogen-bond acceptors (Lipinski definition) is 5. The second-order valence-electron chi connectivity index (χ2n) is 10.6. The molecule has 1 aliphatic rings. The molecule has 0 unspecified atom stereocenters. The number of aromatic nitrogens is 3. The molecule has 224 valence electrons. The number of likely N-dealkylation sites (tertiary alicyclic amines) is 1. The Morgan fingerprint density at radius 2 is 1.74 bits per heavy atom. The molecule has 2 N–H and O–H groups in total. The van der Waals surface area contributed by atoms with Gasteiger partial charge in [0.15, 0.2) is 11.5 Å². The molecule has 4 aromatic rings. The lowest BCUT2D eigenvalue weighted by Gasteiger charge is -2.48. The van der Waals surface area contributed by atoms with Gasteiger partial charge >= 0.3 is 6.18 Å². The molecule has 2 aromatic heterocycles. The van der Waals surface area contributed by atoms with E-state index < -0.39 is 34.9 Å². The molecular formula is C30H27Cl2F3N6O2. The van der Waals surface area contributed by atoms with E-state index in [2.05, 4.69) is 25.6 Å². The Morgan fingerprint density at radius 3 is 2.40 bits per heavy atom. The Hall–Kier alpha value is -3.93. The summed E-state index contributed by atoms with van der Waals surface area (Å²) in [5, 5.41) is 9.52. The van der Waals surface area contributed by atoms with Crippen molar-refractivity contribution in [2.75, 3.05) is 18.4 Å². The van der Waals surface area contributed by atoms with Crippen LogP contribution in [0.3, 0.4) is 0 Å². The van der Waals surface area contributed by atoms with Gasteiger partial charge in [0.1, 0.15) is 5.69 Å². The number of alkyl halides is 3. The molecule has 5 rings (SSSR count). The molecule has 0 aliphatic carbocycles. The average molecular weight is 631 g/mol. The predicted octanol–water partition coefficient (Wildman–Crippen LogP) is 6.41. The maximum Gasteiger partial charge on any atom is 0.435 e. The van der Waals surface area contributed by atoms with E-state index >= 15 is 0 Å². The summed E-state index contributed by atoms with van der Waals surface area (Å²) in [7, 11) is 0. The summed E-state index contributed by atoms with van der Waals surface area (Å²) in [4.78, 5) is 33.4. The van der Waals surface area contributed by atoms with E-state index in [0.717, 1.165) is 16.8 Å². The minimum absolute atomic E-state index is 0.00997. The van der Waals surface area contributed by atoms with Crippen molar-refractivity contribution in [2.24, 2.45) is 0 Å². The topological polar surface area (TPSA) is 92.2 Å². The van der Waals surface area contributed by atoms with Crippen LogP contribution in [0.25, 0.3) is 5.82 Å². The van der Waals surface area contributed by atoms with Crippen molar-refractivity contribution < 1.29 is 22.8 Å². The number of nitrogens with one attached hydrogen (secondary N) is 2. The Balaban J connectivity index is 1.42. The van der Waals surface area contributed by atoms with Gasteiger partial charge in [0.2, 0.25) is 0 Å². The average Bonchev–Trinajstić information content (AvgIpc) is 3.40. The smallest absolute Gasteiger partial charge is 0.344 e. The molecular weight excluding hydrogens is 604 g/mol. The standard InChI is InChI=1S/C30H27Cl2F3N6O2/c1-3-19-12-20(31)13-21(27(42)38-29(2)16-40(17-29)15-18-8-5-4-6-9-18)25(19)37-28(43)23-14-24(30(33,34)35)39-41(23)26-22(32)10-7-11-36-26/h4-14H,3,15-17H2,1-2H3,(H,37,43)(H,38,42). The van der Waals surface area contributed by atoms with Crippen LogP contribution in [0.4, 0.5) is 18.9 Å². The molecule has 43 heavy (non-hydrogen) atoms. The van der Waals surface area contributed by atoms with Crippen LogP contribution in [0, 0.1) is 0 Å². The van der Waals surface area contributed by atoms with Crippen LogP contribution in [-0.2, 0) is 19.1 Å². The van der Waals surface area contributed by atoms with Crippen LogP contribution in [-0.4, -0.2) is 50.1 Å². The third-order valence-electron chi connectivity index (χ3n) is 7.03. The molecule has 1 fully saturated rings. The lowest BCUT2D eigenvalue weighted by atomic mass is 9.90. The zero-order valence-corrected chi connectivity index (χ0v) is 24.7. The number of anilines is 1. The van der Waals surface area contributed by atoms with Crippen molar-refractivity contribution in [1.29, 1.82) is 0 Å². The molecule has 13 heteroatoms. The van der Waals surface area contributed by atoms with E-state index in [9.17, 15) is 22.8 Å². The minimum atomic E-state index is -4.84. The maximum atomic E-state index is 13.6. The van der Waals surface area contributed by atoms with Crippen LogP contribution >= 0.6 is 23.2 Å². The number of aryl methyl sites for hydroxylation is 1. The number of rotatable bonds is 8. The number of benzene rings is 2. The maximum absolute atomic E-state index is 13.6. The molecule has 0 saturated carbocycles. The molecule has 0 bridgehead atoms. The fourth-order valence-corrected chi connectivity index (χ4v) is 5.58. The summed E-state index contributed by atoms with van der Waals surface area (Å²) >= 11 is 12.5. The van der Waals surface area contributed by atoms with Gasteiger partial charge in [-0.2, -0.15) is 18.3 Å². The van der Waals surface area contributed by atoms with Crippen molar-refractivity contribution >= 4 is 40.7 Å². The van der Waals surface area contributed by atoms with E-state index in [1.165, 1.54) is 24.4 Å². The summed E-state index contributed by atoms with van der Waals surface area (Å²) in [5.41, 5.74) is -0.430. The molecule has 8 nitrogen and oxygen atoms in total. The monoisotopic (exact) mass is 630 g/mol. The first-order valence-electron chi connectivity index (χ1n) is 13.4. The fraction of sp³-hybridized carbons (Fsp3) is 0.267. The number of carbonyl (C=O) groups is 2. The third kappa shape index (κ3) is 6.69. The number of nitrogens with zero attached hydrogens (tertiary/aromatic N) is 4. The van der Waals surface area contributed by atoms with Gasteiger partial charge in [0, 0.05) is 36.9 Å². The van der Waals surface area contributed by atoms with Gasteiger partial charge in [-0.05, 0) is 48.7 Å². The van der Waals surface area contributed by atoms with Crippen molar-refractivity contribution in [3.8, 4) is 5.82 Å². The highest BCUT2D eigenvalue weighted by atomic mass is 35.5. The fourth-order valence-electron chi connectivity index (χ4n) is 5.14. The Labute approximate surface area is 255 Å². The van der Waals surface area contributed by atoms with E-state index in [1.54, 1.807) is 13.0 Å². The summed E-state index contributed by atoms with van der Waals surface area (Å²) < 4.78 is 41.6. The predicted molar refractivity (Wildman–Crippen MR) is 158 cm³/mol. The quantitative estimate of drug-likeness (QED) is 0.235. The third-order valence-corrected chi connectivity index (χ3v) is 7.54. The number of hydrogen-bond donors (Lipinski definition) is 2. The Bertz CT molecular complexity index is 1670. The van der Waals surface area contributed by atoms with Gasteiger partial charge in [-0.3, -0.25) is 14.5 Å².